The van der Waals surface area contributed by atoms with Gasteiger partial charge in [-0.25, -0.2) is 0 Å². The fourth-order valence-electron chi connectivity index (χ4n) is 5.88. The normalized spacial score (nSPS) is 40.1. The molecule has 5 fully saturated rings. The molecule has 2 aliphatic heterocycles. The molecule has 1 atom stereocenters. The topological polar surface area (TPSA) is 26.8 Å². The zero-order valence-corrected chi connectivity index (χ0v) is 16.1. The number of hydrogen-bond donors (Lipinski definition) is 0. The van der Waals surface area contributed by atoms with E-state index in [0.29, 0.717) is 22.9 Å². The highest BCUT2D eigenvalue weighted by Gasteiger charge is 2.70. The van der Waals surface area contributed by atoms with E-state index in [-0.39, 0.29) is 5.92 Å². The molecule has 0 radical (unpaired) electrons. The summed E-state index contributed by atoms with van der Waals surface area (Å²) in [5.41, 5.74) is 1.21. The molecule has 2 bridgehead atoms. The number of likely N-dealkylation sites (tertiary alicyclic amines) is 1. The fraction of sp³-hybridized carbons (Fsp3) is 0.950. The van der Waals surface area contributed by atoms with E-state index in [4.69, 9.17) is 0 Å². The standard InChI is InChI=1S/C20H35N3O/c1-15(2)19-12-20(13-19,14-19)23-9-7-21(8-10-23)18(24)17-5-6-22(11-17)16(3)4/h15-17H,5-14H2,1-4H3/t17-,19?,20?/m0/s1. The minimum Gasteiger partial charge on any atom is -0.340 e. The van der Waals surface area contributed by atoms with Gasteiger partial charge >= 0.3 is 0 Å². The summed E-state index contributed by atoms with van der Waals surface area (Å²) in [4.78, 5) is 20.2. The monoisotopic (exact) mass is 333 g/mol. The number of rotatable bonds is 4. The largest absolute Gasteiger partial charge is 0.340 e. The lowest BCUT2D eigenvalue weighted by atomic mass is 9.35. The summed E-state index contributed by atoms with van der Waals surface area (Å²) in [6.07, 6.45) is 5.30. The van der Waals surface area contributed by atoms with E-state index in [0.717, 1.165) is 51.6 Å². The van der Waals surface area contributed by atoms with Gasteiger partial charge in [0, 0.05) is 44.3 Å². The average molecular weight is 334 g/mol. The third-order valence-corrected chi connectivity index (χ3v) is 7.83. The van der Waals surface area contributed by atoms with Gasteiger partial charge in [0.1, 0.15) is 0 Å². The van der Waals surface area contributed by atoms with Crippen molar-refractivity contribution in [2.75, 3.05) is 39.3 Å². The molecule has 136 valence electrons. The molecule has 0 aromatic carbocycles. The van der Waals surface area contributed by atoms with Crippen molar-refractivity contribution < 1.29 is 4.79 Å². The van der Waals surface area contributed by atoms with E-state index in [1.54, 1.807) is 0 Å². The zero-order chi connectivity index (χ0) is 17.1. The minimum absolute atomic E-state index is 0.248. The Hall–Kier alpha value is -0.610. The van der Waals surface area contributed by atoms with Crippen molar-refractivity contribution in [3.05, 3.63) is 0 Å². The molecule has 0 aromatic heterocycles. The molecule has 5 aliphatic rings. The van der Waals surface area contributed by atoms with Gasteiger partial charge in [0.25, 0.3) is 0 Å². The first-order valence-electron chi connectivity index (χ1n) is 10.1. The maximum Gasteiger partial charge on any atom is 0.227 e. The Morgan fingerprint density at radius 1 is 0.958 bits per heavy atom. The van der Waals surface area contributed by atoms with Gasteiger partial charge in [0.2, 0.25) is 5.91 Å². The second kappa shape index (κ2) is 5.70. The van der Waals surface area contributed by atoms with E-state index in [2.05, 4.69) is 42.4 Å². The summed E-state index contributed by atoms with van der Waals surface area (Å²) >= 11 is 0. The molecule has 3 saturated carbocycles. The number of piperazine rings is 1. The molecule has 4 nitrogen and oxygen atoms in total. The molecule has 4 heteroatoms. The number of carbonyl (C=O) groups excluding carboxylic acids is 1. The lowest BCUT2D eigenvalue weighted by molar-refractivity contribution is -0.246. The first-order valence-corrected chi connectivity index (χ1v) is 10.1. The van der Waals surface area contributed by atoms with Crippen molar-refractivity contribution in [2.24, 2.45) is 17.3 Å². The molecule has 1 amide bonds. The minimum atomic E-state index is 0.248. The molecule has 2 saturated heterocycles. The van der Waals surface area contributed by atoms with Crippen molar-refractivity contribution >= 4 is 5.91 Å². The van der Waals surface area contributed by atoms with E-state index in [1.807, 2.05) is 0 Å². The van der Waals surface area contributed by atoms with Gasteiger partial charge in [-0.15, -0.1) is 0 Å². The third kappa shape index (κ3) is 2.44. The lowest BCUT2D eigenvalue weighted by Gasteiger charge is -2.76. The Bertz CT molecular complexity index is 487. The van der Waals surface area contributed by atoms with Crippen LogP contribution in [0.4, 0.5) is 0 Å². The number of nitrogens with zero attached hydrogens (tertiary/aromatic N) is 3. The smallest absolute Gasteiger partial charge is 0.227 e. The van der Waals surface area contributed by atoms with Crippen LogP contribution in [0.2, 0.25) is 0 Å². The molecule has 0 aromatic rings. The molecule has 0 unspecified atom stereocenters. The van der Waals surface area contributed by atoms with Gasteiger partial charge in [-0.05, 0) is 57.4 Å². The summed E-state index contributed by atoms with van der Waals surface area (Å²) in [6, 6.07) is 0.567. The van der Waals surface area contributed by atoms with Crippen LogP contribution in [-0.4, -0.2) is 71.5 Å². The van der Waals surface area contributed by atoms with Crippen molar-refractivity contribution in [1.82, 2.24) is 14.7 Å². The second-order valence-corrected chi connectivity index (χ2v) is 9.66. The molecule has 2 heterocycles. The molecular weight excluding hydrogens is 298 g/mol. The molecule has 5 rings (SSSR count). The Labute approximate surface area is 147 Å². The summed E-state index contributed by atoms with van der Waals surface area (Å²) in [6.45, 7) is 15.4. The van der Waals surface area contributed by atoms with Crippen molar-refractivity contribution in [1.29, 1.82) is 0 Å². The van der Waals surface area contributed by atoms with Crippen LogP contribution in [-0.2, 0) is 4.79 Å². The van der Waals surface area contributed by atoms with Crippen molar-refractivity contribution in [2.45, 2.75) is 65.0 Å². The van der Waals surface area contributed by atoms with Gasteiger partial charge in [-0.3, -0.25) is 9.69 Å². The van der Waals surface area contributed by atoms with Crippen molar-refractivity contribution in [3.63, 3.8) is 0 Å². The molecule has 24 heavy (non-hydrogen) atoms. The summed E-state index contributed by atoms with van der Waals surface area (Å²) in [5.74, 6) is 1.51. The van der Waals surface area contributed by atoms with E-state index < -0.39 is 0 Å². The average Bonchev–Trinajstić information content (AvgIpc) is 2.94. The first-order chi connectivity index (χ1) is 11.4. The number of carbonyl (C=O) groups is 1. The molecule has 0 spiro atoms. The Morgan fingerprint density at radius 3 is 2.08 bits per heavy atom. The number of amides is 1. The van der Waals surface area contributed by atoms with Gasteiger partial charge in [0.15, 0.2) is 0 Å². The predicted octanol–water partition coefficient (Wildman–Crippen LogP) is 2.44. The van der Waals surface area contributed by atoms with E-state index in [9.17, 15) is 4.79 Å². The molecule has 3 aliphatic carbocycles. The van der Waals surface area contributed by atoms with Crippen LogP contribution in [0.3, 0.4) is 0 Å². The lowest BCUT2D eigenvalue weighted by Crippen LogP contribution is -2.77. The SMILES string of the molecule is CC(C)N1CC[C@H](C(=O)N2CCN(C34CC(C(C)C)(C3)C4)CC2)C1. The summed E-state index contributed by atoms with van der Waals surface area (Å²) in [5, 5.41) is 0. The van der Waals surface area contributed by atoms with E-state index >= 15 is 0 Å². The highest BCUT2D eigenvalue weighted by molar-refractivity contribution is 5.79. The highest BCUT2D eigenvalue weighted by atomic mass is 16.2. The zero-order valence-electron chi connectivity index (χ0n) is 16.1. The van der Waals surface area contributed by atoms with Crippen LogP contribution >= 0.6 is 0 Å². The maximum absolute atomic E-state index is 12.8. The maximum atomic E-state index is 12.8. The highest BCUT2D eigenvalue weighted by Crippen LogP contribution is 2.72. The first kappa shape index (κ1) is 16.8. The molecular formula is C20H35N3O. The van der Waals surface area contributed by atoms with Gasteiger partial charge in [-0.1, -0.05) is 13.8 Å². The van der Waals surface area contributed by atoms with Crippen LogP contribution < -0.4 is 0 Å². The quantitative estimate of drug-likeness (QED) is 0.791. The van der Waals surface area contributed by atoms with Gasteiger partial charge in [0.05, 0.1) is 5.92 Å². The summed E-state index contributed by atoms with van der Waals surface area (Å²) in [7, 11) is 0. The fourth-order valence-corrected chi connectivity index (χ4v) is 5.88. The summed E-state index contributed by atoms with van der Waals surface area (Å²) < 4.78 is 0. The van der Waals surface area contributed by atoms with Crippen LogP contribution in [0.15, 0.2) is 0 Å². The van der Waals surface area contributed by atoms with Crippen LogP contribution in [0, 0.1) is 17.3 Å². The predicted molar refractivity (Wildman–Crippen MR) is 96.8 cm³/mol. The van der Waals surface area contributed by atoms with Crippen LogP contribution in [0.1, 0.15) is 53.4 Å². The van der Waals surface area contributed by atoms with Gasteiger partial charge in [-0.2, -0.15) is 0 Å². The third-order valence-electron chi connectivity index (χ3n) is 7.83. The van der Waals surface area contributed by atoms with Crippen LogP contribution in [0.25, 0.3) is 0 Å². The molecule has 0 N–H and O–H groups in total. The second-order valence-electron chi connectivity index (χ2n) is 9.66. The van der Waals surface area contributed by atoms with Crippen LogP contribution in [0.5, 0.6) is 0 Å². The van der Waals surface area contributed by atoms with Crippen molar-refractivity contribution in [3.8, 4) is 0 Å². The Kier molecular flexibility index (Phi) is 4.00. The Morgan fingerprint density at radius 2 is 1.58 bits per heavy atom. The van der Waals surface area contributed by atoms with E-state index in [1.165, 1.54) is 19.3 Å². The Balaban J connectivity index is 1.26. The number of hydrogen-bond acceptors (Lipinski definition) is 3. The van der Waals surface area contributed by atoms with Gasteiger partial charge < -0.3 is 9.80 Å².